The zero-order valence-corrected chi connectivity index (χ0v) is 13.4. The molecule has 23 heavy (non-hydrogen) atoms. The van der Waals surface area contributed by atoms with E-state index in [-0.39, 0.29) is 36.6 Å². The van der Waals surface area contributed by atoms with Crippen molar-refractivity contribution in [1.82, 2.24) is 4.90 Å². The number of piperidine rings is 1. The fourth-order valence-corrected chi connectivity index (χ4v) is 4.76. The van der Waals surface area contributed by atoms with Gasteiger partial charge in [-0.3, -0.25) is 9.59 Å². The molecule has 1 aliphatic carbocycles. The Labute approximate surface area is 134 Å². The first-order valence-corrected chi connectivity index (χ1v) is 8.32. The quantitative estimate of drug-likeness (QED) is 0.774. The molecule has 0 aromatic carbocycles. The highest BCUT2D eigenvalue weighted by molar-refractivity contribution is 5.80. The van der Waals surface area contributed by atoms with Crippen LogP contribution in [-0.2, 0) is 19.1 Å². The summed E-state index contributed by atoms with van der Waals surface area (Å²) in [7, 11) is 0. The number of ether oxygens (including phenoxy) is 2. The van der Waals surface area contributed by atoms with Gasteiger partial charge in [0, 0.05) is 18.5 Å². The van der Waals surface area contributed by atoms with E-state index in [9.17, 15) is 19.5 Å². The van der Waals surface area contributed by atoms with Crippen LogP contribution in [0.4, 0.5) is 4.79 Å². The van der Waals surface area contributed by atoms with Crippen molar-refractivity contribution in [3.05, 3.63) is 0 Å². The van der Waals surface area contributed by atoms with E-state index in [0.29, 0.717) is 13.0 Å². The van der Waals surface area contributed by atoms with Gasteiger partial charge in [-0.15, -0.1) is 0 Å². The lowest BCUT2D eigenvalue weighted by molar-refractivity contribution is -0.153. The fourth-order valence-electron chi connectivity index (χ4n) is 4.76. The minimum atomic E-state index is -0.898. The standard InChI is InChI=1S/C16H23NO6/c1-3-22-16(21)17-6-4-5-9-11(17)7-10-12(13(9)14(18)19)8(2)23-15(10)20/h8-13H,3-7H2,1-2H3,(H,18,19)/t8-,9-,10-,11+,12-,13+/m1/s1. The van der Waals surface area contributed by atoms with Crippen LogP contribution in [0.3, 0.4) is 0 Å². The molecule has 7 nitrogen and oxygen atoms in total. The highest BCUT2D eigenvalue weighted by Gasteiger charge is 2.59. The fraction of sp³-hybridized carbons (Fsp3) is 0.812. The normalized spacial score (nSPS) is 39.2. The van der Waals surface area contributed by atoms with Crippen molar-refractivity contribution in [1.29, 1.82) is 0 Å². The van der Waals surface area contributed by atoms with Crippen LogP contribution < -0.4 is 0 Å². The van der Waals surface area contributed by atoms with E-state index in [4.69, 9.17) is 9.47 Å². The number of carbonyl (C=O) groups is 3. The first-order valence-electron chi connectivity index (χ1n) is 8.32. The summed E-state index contributed by atoms with van der Waals surface area (Å²) in [6.07, 6.45) is 1.18. The van der Waals surface area contributed by atoms with Crippen molar-refractivity contribution < 1.29 is 29.0 Å². The monoisotopic (exact) mass is 325 g/mol. The molecular weight excluding hydrogens is 302 g/mol. The molecule has 0 aromatic heterocycles. The van der Waals surface area contributed by atoms with Crippen molar-refractivity contribution in [2.75, 3.05) is 13.2 Å². The molecule has 7 heteroatoms. The van der Waals surface area contributed by atoms with E-state index in [1.165, 1.54) is 0 Å². The molecule has 3 aliphatic rings. The zero-order valence-electron chi connectivity index (χ0n) is 13.4. The van der Waals surface area contributed by atoms with Crippen LogP contribution in [0.15, 0.2) is 0 Å². The molecule has 0 bridgehead atoms. The topological polar surface area (TPSA) is 93.1 Å². The Hall–Kier alpha value is -1.79. The Morgan fingerprint density at radius 1 is 1.43 bits per heavy atom. The van der Waals surface area contributed by atoms with Crippen molar-refractivity contribution in [2.45, 2.75) is 45.3 Å². The molecule has 6 atom stereocenters. The third-order valence-corrected chi connectivity index (χ3v) is 5.60. The van der Waals surface area contributed by atoms with Crippen LogP contribution in [-0.4, -0.2) is 53.3 Å². The lowest BCUT2D eigenvalue weighted by Crippen LogP contribution is -2.58. The van der Waals surface area contributed by atoms with Gasteiger partial charge in [-0.05, 0) is 39.0 Å². The van der Waals surface area contributed by atoms with Crippen LogP contribution in [0.1, 0.15) is 33.1 Å². The van der Waals surface area contributed by atoms with Gasteiger partial charge in [0.05, 0.1) is 18.4 Å². The first kappa shape index (κ1) is 16.1. The average Bonchev–Trinajstić information content (AvgIpc) is 2.79. The van der Waals surface area contributed by atoms with Crippen molar-refractivity contribution in [2.24, 2.45) is 23.7 Å². The summed E-state index contributed by atoms with van der Waals surface area (Å²) in [6, 6.07) is -0.261. The molecule has 2 heterocycles. The van der Waals surface area contributed by atoms with Gasteiger partial charge in [0.25, 0.3) is 0 Å². The molecule has 0 spiro atoms. The van der Waals surface area contributed by atoms with Crippen LogP contribution >= 0.6 is 0 Å². The van der Waals surface area contributed by atoms with E-state index in [2.05, 4.69) is 0 Å². The van der Waals surface area contributed by atoms with Gasteiger partial charge >= 0.3 is 18.0 Å². The van der Waals surface area contributed by atoms with Gasteiger partial charge in [-0.1, -0.05) is 0 Å². The number of amides is 1. The molecule has 0 radical (unpaired) electrons. The zero-order chi connectivity index (χ0) is 16.7. The van der Waals surface area contributed by atoms with Crippen molar-refractivity contribution in [3.63, 3.8) is 0 Å². The molecule has 3 fully saturated rings. The Kier molecular flexibility index (Phi) is 4.21. The van der Waals surface area contributed by atoms with Crippen LogP contribution in [0.5, 0.6) is 0 Å². The summed E-state index contributed by atoms with van der Waals surface area (Å²) in [5, 5.41) is 9.75. The van der Waals surface area contributed by atoms with E-state index in [0.717, 1.165) is 12.8 Å². The molecule has 1 saturated carbocycles. The van der Waals surface area contributed by atoms with E-state index < -0.39 is 23.9 Å². The number of fused-ring (bicyclic) bond motifs is 2. The minimum Gasteiger partial charge on any atom is -0.481 e. The lowest BCUT2D eigenvalue weighted by Gasteiger charge is -2.49. The Morgan fingerprint density at radius 3 is 2.83 bits per heavy atom. The number of aliphatic carboxylic acids is 1. The summed E-state index contributed by atoms with van der Waals surface area (Å²) in [6.45, 7) is 4.34. The Morgan fingerprint density at radius 2 is 2.17 bits per heavy atom. The molecule has 0 unspecified atom stereocenters. The summed E-state index contributed by atoms with van der Waals surface area (Å²) < 4.78 is 10.4. The number of nitrogens with zero attached hydrogens (tertiary/aromatic N) is 1. The maximum Gasteiger partial charge on any atom is 0.410 e. The van der Waals surface area contributed by atoms with E-state index in [1.807, 2.05) is 0 Å². The predicted molar refractivity (Wildman–Crippen MR) is 78.5 cm³/mol. The smallest absolute Gasteiger partial charge is 0.410 e. The van der Waals surface area contributed by atoms with Gasteiger partial charge in [-0.25, -0.2) is 4.79 Å². The van der Waals surface area contributed by atoms with Crippen LogP contribution in [0, 0.1) is 23.7 Å². The highest BCUT2D eigenvalue weighted by atomic mass is 16.6. The number of hydrogen-bond acceptors (Lipinski definition) is 5. The number of esters is 1. The van der Waals surface area contributed by atoms with Crippen LogP contribution in [0.2, 0.25) is 0 Å². The second-order valence-electron chi connectivity index (χ2n) is 6.69. The largest absolute Gasteiger partial charge is 0.481 e. The van der Waals surface area contributed by atoms with Crippen molar-refractivity contribution in [3.8, 4) is 0 Å². The van der Waals surface area contributed by atoms with Gasteiger partial charge in [0.15, 0.2) is 0 Å². The molecule has 2 saturated heterocycles. The van der Waals surface area contributed by atoms with Gasteiger partial charge in [-0.2, -0.15) is 0 Å². The average molecular weight is 325 g/mol. The molecular formula is C16H23NO6. The molecule has 2 aliphatic heterocycles. The number of cyclic esters (lactones) is 1. The van der Waals surface area contributed by atoms with Gasteiger partial charge < -0.3 is 19.5 Å². The van der Waals surface area contributed by atoms with E-state index in [1.54, 1.807) is 18.7 Å². The number of carbonyl (C=O) groups excluding carboxylic acids is 2. The van der Waals surface area contributed by atoms with E-state index >= 15 is 0 Å². The molecule has 0 aromatic rings. The number of hydrogen-bond donors (Lipinski definition) is 1. The van der Waals surface area contributed by atoms with Gasteiger partial charge in [0.1, 0.15) is 6.10 Å². The first-order chi connectivity index (χ1) is 11.0. The predicted octanol–water partition coefficient (Wildman–Crippen LogP) is 1.51. The summed E-state index contributed by atoms with van der Waals surface area (Å²) in [4.78, 5) is 37.9. The third kappa shape index (κ3) is 2.56. The van der Waals surface area contributed by atoms with Crippen LogP contribution in [0.25, 0.3) is 0 Å². The lowest BCUT2D eigenvalue weighted by atomic mass is 9.61. The number of carboxylic acids is 1. The second kappa shape index (κ2) is 6.02. The number of likely N-dealkylation sites (tertiary alicyclic amines) is 1. The SMILES string of the molecule is CCOC(=O)N1CCC[C@H]2[C@H](C(=O)O)[C@@H]3[C@@H](C)OC(=O)[C@@H]3C[C@@H]21. The Bertz CT molecular complexity index is 521. The maximum absolute atomic E-state index is 12.2. The molecule has 3 rings (SSSR count). The molecule has 1 N–H and O–H groups in total. The van der Waals surface area contributed by atoms with Crippen molar-refractivity contribution >= 4 is 18.0 Å². The third-order valence-electron chi connectivity index (χ3n) is 5.60. The Balaban J connectivity index is 1.92. The minimum absolute atomic E-state index is 0.149. The second-order valence-corrected chi connectivity index (χ2v) is 6.69. The maximum atomic E-state index is 12.2. The summed E-state index contributed by atoms with van der Waals surface area (Å²) >= 11 is 0. The van der Waals surface area contributed by atoms with Gasteiger partial charge in [0.2, 0.25) is 0 Å². The molecule has 128 valence electrons. The molecule has 1 amide bonds. The summed E-state index contributed by atoms with van der Waals surface area (Å²) in [5.41, 5.74) is 0. The number of rotatable bonds is 2. The highest BCUT2D eigenvalue weighted by Crippen LogP contribution is 2.50. The number of carboxylic acid groups (broad SMARTS) is 1. The summed E-state index contributed by atoms with van der Waals surface area (Å²) in [5.74, 6) is -2.78.